The summed E-state index contributed by atoms with van der Waals surface area (Å²) < 4.78 is 16.9. The van der Waals surface area contributed by atoms with Crippen molar-refractivity contribution in [3.05, 3.63) is 54.2 Å². The van der Waals surface area contributed by atoms with Crippen LogP contribution in [0.2, 0.25) is 0 Å². The Morgan fingerprint density at radius 3 is 3.00 bits per heavy atom. The quantitative estimate of drug-likeness (QED) is 0.834. The molecule has 2 aliphatic rings. The second-order valence-corrected chi connectivity index (χ2v) is 6.68. The highest BCUT2D eigenvalue weighted by molar-refractivity contribution is 5.81. The van der Waals surface area contributed by atoms with Crippen LogP contribution in [0.25, 0.3) is 0 Å². The zero-order valence-corrected chi connectivity index (χ0v) is 14.0. The molecule has 0 bridgehead atoms. The number of rotatable bonds is 5. The third-order valence-corrected chi connectivity index (χ3v) is 4.99. The normalized spacial score (nSPS) is 25.5. The Balaban J connectivity index is 1.53. The van der Waals surface area contributed by atoms with Crippen molar-refractivity contribution in [2.24, 2.45) is 11.8 Å². The maximum Gasteiger partial charge on any atom is 0.252 e. The van der Waals surface area contributed by atoms with Crippen LogP contribution in [0.3, 0.4) is 0 Å². The minimum atomic E-state index is -0.388. The molecule has 0 saturated carbocycles. The number of nitrogens with zero attached hydrogens (tertiary/aromatic N) is 2. The SMILES string of the molecule is O=C([C@@H]1OC[C@@H]2COCC[C@@H]21)N(Cc1cccnc1)Cc1ccco1. The van der Waals surface area contributed by atoms with Gasteiger partial charge in [-0.3, -0.25) is 9.78 Å². The Labute approximate surface area is 146 Å². The number of pyridine rings is 1. The van der Waals surface area contributed by atoms with Crippen molar-refractivity contribution < 1.29 is 18.7 Å². The topological polar surface area (TPSA) is 64.8 Å². The number of furan rings is 1. The molecule has 3 atom stereocenters. The van der Waals surface area contributed by atoms with Crippen molar-refractivity contribution in [1.82, 2.24) is 9.88 Å². The zero-order chi connectivity index (χ0) is 17.1. The first kappa shape index (κ1) is 16.3. The average molecular weight is 342 g/mol. The molecule has 2 saturated heterocycles. The Morgan fingerprint density at radius 2 is 2.20 bits per heavy atom. The molecule has 6 heteroatoms. The van der Waals surface area contributed by atoms with Crippen LogP contribution in [0.4, 0.5) is 0 Å². The molecule has 0 aliphatic carbocycles. The van der Waals surface area contributed by atoms with Gasteiger partial charge < -0.3 is 18.8 Å². The third-order valence-electron chi connectivity index (χ3n) is 4.99. The molecule has 0 aromatic carbocycles. The smallest absolute Gasteiger partial charge is 0.252 e. The summed E-state index contributed by atoms with van der Waals surface area (Å²) in [5.41, 5.74) is 0.990. The van der Waals surface area contributed by atoms with E-state index in [0.29, 0.717) is 38.8 Å². The van der Waals surface area contributed by atoms with Gasteiger partial charge in [0, 0.05) is 37.4 Å². The largest absolute Gasteiger partial charge is 0.467 e. The van der Waals surface area contributed by atoms with E-state index in [1.165, 1.54) is 0 Å². The number of carbonyl (C=O) groups is 1. The molecule has 0 spiro atoms. The van der Waals surface area contributed by atoms with E-state index in [-0.39, 0.29) is 17.9 Å². The molecule has 4 heterocycles. The van der Waals surface area contributed by atoms with E-state index in [4.69, 9.17) is 13.9 Å². The van der Waals surface area contributed by atoms with Gasteiger partial charge >= 0.3 is 0 Å². The monoisotopic (exact) mass is 342 g/mol. The number of carbonyl (C=O) groups excluding carboxylic acids is 1. The number of hydrogen-bond donors (Lipinski definition) is 0. The highest BCUT2D eigenvalue weighted by Crippen LogP contribution is 2.34. The Bertz CT molecular complexity index is 689. The maximum atomic E-state index is 13.2. The van der Waals surface area contributed by atoms with Crippen molar-refractivity contribution in [3.8, 4) is 0 Å². The number of amides is 1. The minimum absolute atomic E-state index is 0.0228. The summed E-state index contributed by atoms with van der Waals surface area (Å²) in [6.07, 6.45) is 5.63. The van der Waals surface area contributed by atoms with Gasteiger partial charge in [0.1, 0.15) is 11.9 Å². The van der Waals surface area contributed by atoms with Gasteiger partial charge in [-0.05, 0) is 30.2 Å². The first-order valence-corrected chi connectivity index (χ1v) is 8.70. The fourth-order valence-electron chi connectivity index (χ4n) is 3.68. The molecule has 1 amide bonds. The number of hydrogen-bond acceptors (Lipinski definition) is 5. The van der Waals surface area contributed by atoms with Gasteiger partial charge in [-0.1, -0.05) is 6.07 Å². The van der Waals surface area contributed by atoms with Crippen LogP contribution < -0.4 is 0 Å². The molecular weight excluding hydrogens is 320 g/mol. The number of ether oxygens (including phenoxy) is 2. The second kappa shape index (κ2) is 7.37. The summed E-state index contributed by atoms with van der Waals surface area (Å²) in [4.78, 5) is 19.2. The standard InChI is InChI=1S/C19H22N2O4/c22-19(18-17-5-8-23-12-15(17)13-25-18)21(11-16-4-2-7-24-16)10-14-3-1-6-20-9-14/h1-4,6-7,9,15,17-18H,5,8,10-13H2/t15-,17-,18+/m0/s1. The van der Waals surface area contributed by atoms with Gasteiger partial charge in [-0.2, -0.15) is 0 Å². The van der Waals surface area contributed by atoms with E-state index in [1.54, 1.807) is 23.6 Å². The van der Waals surface area contributed by atoms with Crippen LogP contribution in [0.15, 0.2) is 47.3 Å². The molecule has 6 nitrogen and oxygen atoms in total. The highest BCUT2D eigenvalue weighted by Gasteiger charge is 2.44. The lowest BCUT2D eigenvalue weighted by molar-refractivity contribution is -0.145. The molecule has 0 N–H and O–H groups in total. The van der Waals surface area contributed by atoms with Crippen LogP contribution in [0.1, 0.15) is 17.7 Å². The zero-order valence-electron chi connectivity index (χ0n) is 14.0. The van der Waals surface area contributed by atoms with E-state index in [9.17, 15) is 4.79 Å². The molecule has 4 rings (SSSR count). The number of aromatic nitrogens is 1. The van der Waals surface area contributed by atoms with Crippen LogP contribution in [0, 0.1) is 11.8 Å². The summed E-state index contributed by atoms with van der Waals surface area (Å²) in [6.45, 7) is 2.91. The molecule has 0 radical (unpaired) electrons. The molecule has 0 unspecified atom stereocenters. The average Bonchev–Trinajstić information content (AvgIpc) is 3.31. The molecule has 2 aromatic heterocycles. The molecule has 2 fully saturated rings. The van der Waals surface area contributed by atoms with Gasteiger partial charge in [0.15, 0.2) is 0 Å². The molecular formula is C19H22N2O4. The lowest BCUT2D eigenvalue weighted by Crippen LogP contribution is -2.43. The van der Waals surface area contributed by atoms with Gasteiger partial charge in [0.25, 0.3) is 5.91 Å². The van der Waals surface area contributed by atoms with Crippen molar-refractivity contribution in [2.75, 3.05) is 19.8 Å². The summed E-state index contributed by atoms with van der Waals surface area (Å²) >= 11 is 0. The Hall–Kier alpha value is -2.18. The lowest BCUT2D eigenvalue weighted by Gasteiger charge is -2.30. The Morgan fingerprint density at radius 1 is 1.24 bits per heavy atom. The van der Waals surface area contributed by atoms with Crippen LogP contribution in [-0.2, 0) is 27.4 Å². The molecule has 25 heavy (non-hydrogen) atoms. The Kier molecular flexibility index (Phi) is 4.81. The van der Waals surface area contributed by atoms with Crippen LogP contribution in [0.5, 0.6) is 0 Å². The van der Waals surface area contributed by atoms with E-state index < -0.39 is 0 Å². The summed E-state index contributed by atoms with van der Waals surface area (Å²) in [6, 6.07) is 7.58. The van der Waals surface area contributed by atoms with Gasteiger partial charge in [0.2, 0.25) is 0 Å². The fraction of sp³-hybridized carbons (Fsp3) is 0.474. The predicted molar refractivity (Wildman–Crippen MR) is 89.4 cm³/mol. The van der Waals surface area contributed by atoms with Gasteiger partial charge in [0.05, 0.1) is 26.0 Å². The van der Waals surface area contributed by atoms with Crippen molar-refractivity contribution in [2.45, 2.75) is 25.6 Å². The second-order valence-electron chi connectivity index (χ2n) is 6.68. The van der Waals surface area contributed by atoms with E-state index >= 15 is 0 Å². The molecule has 132 valence electrons. The number of fused-ring (bicyclic) bond motifs is 1. The van der Waals surface area contributed by atoms with Crippen molar-refractivity contribution in [1.29, 1.82) is 0 Å². The van der Waals surface area contributed by atoms with E-state index in [0.717, 1.165) is 17.7 Å². The molecule has 2 aromatic rings. The van der Waals surface area contributed by atoms with Crippen molar-refractivity contribution >= 4 is 5.91 Å². The fourth-order valence-corrected chi connectivity index (χ4v) is 3.68. The highest BCUT2D eigenvalue weighted by atomic mass is 16.5. The van der Waals surface area contributed by atoms with Gasteiger partial charge in [-0.15, -0.1) is 0 Å². The van der Waals surface area contributed by atoms with Crippen molar-refractivity contribution in [3.63, 3.8) is 0 Å². The minimum Gasteiger partial charge on any atom is -0.467 e. The third kappa shape index (κ3) is 3.60. The maximum absolute atomic E-state index is 13.2. The first-order valence-electron chi connectivity index (χ1n) is 8.70. The van der Waals surface area contributed by atoms with Gasteiger partial charge in [-0.25, -0.2) is 0 Å². The summed E-state index contributed by atoms with van der Waals surface area (Å²) in [7, 11) is 0. The van der Waals surface area contributed by atoms with Crippen LogP contribution in [-0.4, -0.2) is 41.7 Å². The lowest BCUT2D eigenvalue weighted by atomic mass is 9.86. The van der Waals surface area contributed by atoms with E-state index in [2.05, 4.69) is 4.98 Å². The summed E-state index contributed by atoms with van der Waals surface area (Å²) in [5.74, 6) is 1.36. The first-order chi connectivity index (χ1) is 12.3. The molecule has 2 aliphatic heterocycles. The van der Waals surface area contributed by atoms with Crippen LogP contribution >= 0.6 is 0 Å². The summed E-state index contributed by atoms with van der Waals surface area (Å²) in [5, 5.41) is 0. The predicted octanol–water partition coefficient (Wildman–Crippen LogP) is 2.25. The van der Waals surface area contributed by atoms with E-state index in [1.807, 2.05) is 24.3 Å².